The normalized spacial score (nSPS) is 22.0. The van der Waals surface area contributed by atoms with Gasteiger partial charge in [-0.05, 0) is 37.9 Å². The molecule has 158 valence electrons. The van der Waals surface area contributed by atoms with Gasteiger partial charge in [0.2, 0.25) is 5.91 Å². The van der Waals surface area contributed by atoms with Gasteiger partial charge in [0, 0.05) is 24.6 Å². The van der Waals surface area contributed by atoms with Crippen LogP contribution in [0.3, 0.4) is 0 Å². The Morgan fingerprint density at radius 2 is 1.83 bits per heavy atom. The molecule has 30 heavy (non-hydrogen) atoms. The summed E-state index contributed by atoms with van der Waals surface area (Å²) in [5.41, 5.74) is 0.791. The number of carbonyl (C=O) groups excluding carboxylic acids is 2. The first kappa shape index (κ1) is 20.5. The number of amides is 2. The fourth-order valence-electron chi connectivity index (χ4n) is 4.98. The van der Waals surface area contributed by atoms with Gasteiger partial charge in [0.05, 0.1) is 24.7 Å². The maximum absolute atomic E-state index is 13.6. The molecule has 2 saturated heterocycles. The molecule has 1 spiro atoms. The van der Waals surface area contributed by atoms with Gasteiger partial charge in [0.25, 0.3) is 5.91 Å². The zero-order valence-corrected chi connectivity index (χ0v) is 17.2. The number of halogens is 1. The lowest BCUT2D eigenvalue weighted by Crippen LogP contribution is -2.86. The lowest BCUT2D eigenvalue weighted by Gasteiger charge is -2.70. The second-order valence-corrected chi connectivity index (χ2v) is 8.41. The summed E-state index contributed by atoms with van der Waals surface area (Å²) in [5, 5.41) is 10.1. The fraction of sp³-hybridized carbons (Fsp3) is 0.391. The Morgan fingerprint density at radius 3 is 2.43 bits per heavy atom. The van der Waals surface area contributed by atoms with Crippen LogP contribution in [-0.4, -0.2) is 83.5 Å². The van der Waals surface area contributed by atoms with Crippen molar-refractivity contribution in [2.75, 3.05) is 40.3 Å². The molecule has 2 aliphatic heterocycles. The van der Waals surface area contributed by atoms with Crippen molar-refractivity contribution in [3.63, 3.8) is 0 Å². The maximum atomic E-state index is 13.6. The SMILES string of the molecule is CN(C)CC(=O)N1[C@@H](CO)[C@@H](c2ccccc2)C12CN(C(=O)c1cccc(F)c1)C2. The van der Waals surface area contributed by atoms with Gasteiger partial charge in [-0.2, -0.15) is 0 Å². The highest BCUT2D eigenvalue weighted by atomic mass is 19.1. The number of hydrogen-bond acceptors (Lipinski definition) is 4. The van der Waals surface area contributed by atoms with Crippen LogP contribution in [0.1, 0.15) is 21.8 Å². The van der Waals surface area contributed by atoms with Crippen LogP contribution < -0.4 is 0 Å². The standard InChI is InChI=1S/C23H26FN3O3/c1-25(2)12-20(29)27-19(13-28)21(16-7-4-3-5-8-16)23(27)14-26(15-23)22(30)17-9-6-10-18(24)11-17/h3-11,19,21,28H,12-15H2,1-2H3/t19-,21+/m0/s1. The lowest BCUT2D eigenvalue weighted by atomic mass is 9.60. The Kier molecular flexibility index (Phi) is 5.34. The summed E-state index contributed by atoms with van der Waals surface area (Å²) >= 11 is 0. The van der Waals surface area contributed by atoms with E-state index >= 15 is 0 Å². The van der Waals surface area contributed by atoms with Gasteiger partial charge in [-0.1, -0.05) is 36.4 Å². The van der Waals surface area contributed by atoms with E-state index in [1.54, 1.807) is 20.8 Å². The Hall–Kier alpha value is -2.77. The first-order valence-corrected chi connectivity index (χ1v) is 10.0. The number of aliphatic hydroxyl groups is 1. The van der Waals surface area contributed by atoms with Gasteiger partial charge in [0.15, 0.2) is 0 Å². The molecule has 2 fully saturated rings. The Morgan fingerprint density at radius 1 is 1.13 bits per heavy atom. The van der Waals surface area contributed by atoms with E-state index in [0.717, 1.165) is 5.56 Å². The van der Waals surface area contributed by atoms with E-state index in [-0.39, 0.29) is 36.9 Å². The van der Waals surface area contributed by atoms with Crippen molar-refractivity contribution in [1.82, 2.24) is 14.7 Å². The smallest absolute Gasteiger partial charge is 0.254 e. The second kappa shape index (κ2) is 7.81. The van der Waals surface area contributed by atoms with Crippen molar-refractivity contribution in [2.45, 2.75) is 17.5 Å². The Balaban J connectivity index is 1.62. The summed E-state index contributed by atoms with van der Waals surface area (Å²) in [4.78, 5) is 31.1. The number of likely N-dealkylation sites (N-methyl/N-ethyl adjacent to an activating group) is 1. The lowest BCUT2D eigenvalue weighted by molar-refractivity contribution is -0.194. The second-order valence-electron chi connectivity index (χ2n) is 8.41. The molecule has 2 atom stereocenters. The monoisotopic (exact) mass is 411 g/mol. The van der Waals surface area contributed by atoms with Crippen LogP contribution in [0.5, 0.6) is 0 Å². The molecule has 0 aliphatic carbocycles. The highest BCUT2D eigenvalue weighted by molar-refractivity contribution is 5.95. The topological polar surface area (TPSA) is 64.1 Å². The van der Waals surface area contributed by atoms with Crippen LogP contribution in [0, 0.1) is 5.82 Å². The van der Waals surface area contributed by atoms with Gasteiger partial charge >= 0.3 is 0 Å². The van der Waals surface area contributed by atoms with E-state index in [1.165, 1.54) is 18.2 Å². The zero-order valence-electron chi connectivity index (χ0n) is 17.2. The van der Waals surface area contributed by atoms with Crippen LogP contribution in [0.25, 0.3) is 0 Å². The van der Waals surface area contributed by atoms with Gasteiger partial charge in [-0.15, -0.1) is 0 Å². The summed E-state index contributed by atoms with van der Waals surface area (Å²) in [7, 11) is 3.65. The molecule has 2 aromatic carbocycles. The molecule has 2 heterocycles. The molecule has 2 amide bonds. The van der Waals surface area contributed by atoms with Crippen molar-refractivity contribution in [3.8, 4) is 0 Å². The molecule has 6 nitrogen and oxygen atoms in total. The van der Waals surface area contributed by atoms with Crippen molar-refractivity contribution >= 4 is 11.8 Å². The first-order chi connectivity index (χ1) is 14.4. The maximum Gasteiger partial charge on any atom is 0.254 e. The quantitative estimate of drug-likeness (QED) is 0.811. The summed E-state index contributed by atoms with van der Waals surface area (Å²) < 4.78 is 13.6. The number of nitrogens with zero attached hydrogens (tertiary/aromatic N) is 3. The predicted octanol–water partition coefficient (Wildman–Crippen LogP) is 1.57. The number of benzene rings is 2. The average Bonchev–Trinajstić information content (AvgIpc) is 2.66. The van der Waals surface area contributed by atoms with Crippen molar-refractivity contribution in [3.05, 3.63) is 71.5 Å². The molecule has 0 radical (unpaired) electrons. The molecule has 0 unspecified atom stereocenters. The third-order valence-electron chi connectivity index (χ3n) is 6.13. The molecule has 0 bridgehead atoms. The molecule has 0 aromatic heterocycles. The van der Waals surface area contributed by atoms with E-state index in [1.807, 2.05) is 44.4 Å². The minimum absolute atomic E-state index is 0.0635. The molecule has 7 heteroatoms. The van der Waals surface area contributed by atoms with Crippen LogP contribution >= 0.6 is 0 Å². The minimum atomic E-state index is -0.551. The molecule has 1 N–H and O–H groups in total. The summed E-state index contributed by atoms with van der Waals surface area (Å²) in [6, 6.07) is 15.1. The largest absolute Gasteiger partial charge is 0.394 e. The van der Waals surface area contributed by atoms with Crippen molar-refractivity contribution < 1.29 is 19.1 Å². The molecule has 2 aliphatic rings. The van der Waals surface area contributed by atoms with E-state index in [2.05, 4.69) is 0 Å². The van der Waals surface area contributed by atoms with Gasteiger partial charge in [0.1, 0.15) is 5.82 Å². The van der Waals surface area contributed by atoms with Gasteiger partial charge in [-0.3, -0.25) is 9.59 Å². The van der Waals surface area contributed by atoms with Gasteiger partial charge < -0.3 is 19.8 Å². The van der Waals surface area contributed by atoms with Crippen LogP contribution in [0.15, 0.2) is 54.6 Å². The third-order valence-corrected chi connectivity index (χ3v) is 6.13. The van der Waals surface area contributed by atoms with Crippen molar-refractivity contribution in [1.29, 1.82) is 0 Å². The number of carbonyl (C=O) groups is 2. The van der Waals surface area contributed by atoms with E-state index < -0.39 is 11.4 Å². The fourth-order valence-corrected chi connectivity index (χ4v) is 4.98. The predicted molar refractivity (Wildman–Crippen MR) is 110 cm³/mol. The number of rotatable bonds is 5. The molecular formula is C23H26FN3O3. The number of hydrogen-bond donors (Lipinski definition) is 1. The molecular weight excluding hydrogens is 385 g/mol. The van der Waals surface area contributed by atoms with Crippen LogP contribution in [0.4, 0.5) is 4.39 Å². The third kappa shape index (κ3) is 3.28. The highest BCUT2D eigenvalue weighted by Gasteiger charge is 2.67. The van der Waals surface area contributed by atoms with Crippen LogP contribution in [0.2, 0.25) is 0 Å². The zero-order chi connectivity index (χ0) is 21.5. The summed E-state index contributed by atoms with van der Waals surface area (Å²) in [5.74, 6) is -0.833. The number of likely N-dealkylation sites (tertiary alicyclic amines) is 2. The number of aliphatic hydroxyl groups excluding tert-OH is 1. The first-order valence-electron chi connectivity index (χ1n) is 10.0. The summed E-state index contributed by atoms with van der Waals surface area (Å²) in [6.07, 6.45) is 0. The Labute approximate surface area is 175 Å². The van der Waals surface area contributed by atoms with Crippen molar-refractivity contribution in [2.24, 2.45) is 0 Å². The average molecular weight is 411 g/mol. The van der Waals surface area contributed by atoms with Gasteiger partial charge in [-0.25, -0.2) is 4.39 Å². The van der Waals surface area contributed by atoms with Crippen LogP contribution in [-0.2, 0) is 4.79 Å². The van der Waals surface area contributed by atoms with E-state index in [4.69, 9.17) is 0 Å². The Bertz CT molecular complexity index is 944. The van der Waals surface area contributed by atoms with E-state index in [9.17, 15) is 19.1 Å². The minimum Gasteiger partial charge on any atom is -0.394 e. The molecule has 0 saturated carbocycles. The highest BCUT2D eigenvalue weighted by Crippen LogP contribution is 2.54. The molecule has 2 aromatic rings. The van der Waals surface area contributed by atoms with E-state index in [0.29, 0.717) is 18.7 Å². The molecule has 4 rings (SSSR count). The summed E-state index contributed by atoms with van der Waals surface area (Å²) in [6.45, 7) is 0.811.